The standard InChI is InChI=1S/C23H20N2O4/c26-21-17-12-7-13-18(20(17)22(27)24(21)16-10-5-2-6-11-16)25-19(14-29-23(25)28)15-8-3-1-4-9-15/h1-11,13,17-20H,12,14H2/t17-,18+,19-,20-/m1/s1. The van der Waals surface area contributed by atoms with Gasteiger partial charge >= 0.3 is 6.09 Å². The van der Waals surface area contributed by atoms with Crippen LogP contribution in [0.2, 0.25) is 0 Å². The van der Waals surface area contributed by atoms with Gasteiger partial charge in [-0.25, -0.2) is 9.69 Å². The van der Waals surface area contributed by atoms with E-state index in [9.17, 15) is 14.4 Å². The van der Waals surface area contributed by atoms with E-state index in [-0.39, 0.29) is 24.5 Å². The van der Waals surface area contributed by atoms with Crippen LogP contribution in [0.15, 0.2) is 72.8 Å². The molecule has 2 aliphatic heterocycles. The fourth-order valence-corrected chi connectivity index (χ4v) is 4.66. The predicted octanol–water partition coefficient (Wildman–Crippen LogP) is 3.31. The number of fused-ring (bicyclic) bond motifs is 1. The molecule has 4 atom stereocenters. The van der Waals surface area contributed by atoms with Crippen LogP contribution in [0.5, 0.6) is 0 Å². The number of benzene rings is 2. The number of imide groups is 1. The maximum atomic E-state index is 13.4. The highest BCUT2D eigenvalue weighted by molar-refractivity contribution is 6.22. The van der Waals surface area contributed by atoms with Gasteiger partial charge in [0, 0.05) is 0 Å². The number of allylic oxidation sites excluding steroid dienone is 1. The predicted molar refractivity (Wildman–Crippen MR) is 106 cm³/mol. The van der Waals surface area contributed by atoms with Crippen LogP contribution < -0.4 is 4.90 Å². The summed E-state index contributed by atoms with van der Waals surface area (Å²) in [5.74, 6) is -1.54. The zero-order valence-electron chi connectivity index (χ0n) is 15.7. The van der Waals surface area contributed by atoms with E-state index in [0.717, 1.165) is 5.56 Å². The number of carbonyl (C=O) groups is 3. The van der Waals surface area contributed by atoms with Crippen LogP contribution >= 0.6 is 0 Å². The lowest BCUT2D eigenvalue weighted by Gasteiger charge is -2.35. The molecule has 6 heteroatoms. The Bertz CT molecular complexity index is 988. The lowest BCUT2D eigenvalue weighted by Crippen LogP contribution is -2.47. The summed E-state index contributed by atoms with van der Waals surface area (Å²) in [6.07, 6.45) is 3.82. The van der Waals surface area contributed by atoms with Crippen LogP contribution in [0.4, 0.5) is 10.5 Å². The van der Waals surface area contributed by atoms with Gasteiger partial charge in [0.25, 0.3) is 0 Å². The highest BCUT2D eigenvalue weighted by atomic mass is 16.6. The summed E-state index contributed by atoms with van der Waals surface area (Å²) in [6, 6.07) is 17.8. The minimum atomic E-state index is -0.607. The van der Waals surface area contributed by atoms with Crippen molar-refractivity contribution in [2.75, 3.05) is 11.5 Å². The van der Waals surface area contributed by atoms with Gasteiger partial charge in [-0.15, -0.1) is 0 Å². The molecule has 0 saturated carbocycles. The van der Waals surface area contributed by atoms with Gasteiger partial charge in [0.1, 0.15) is 6.61 Å². The van der Waals surface area contributed by atoms with Gasteiger partial charge in [0.2, 0.25) is 11.8 Å². The largest absolute Gasteiger partial charge is 0.447 e. The first-order valence-electron chi connectivity index (χ1n) is 9.76. The summed E-state index contributed by atoms with van der Waals surface area (Å²) in [5.41, 5.74) is 1.52. The van der Waals surface area contributed by atoms with Crippen LogP contribution in [0.1, 0.15) is 18.0 Å². The number of hydrogen-bond donors (Lipinski definition) is 0. The molecule has 0 radical (unpaired) electrons. The molecule has 29 heavy (non-hydrogen) atoms. The summed E-state index contributed by atoms with van der Waals surface area (Å²) in [5, 5.41) is 0. The van der Waals surface area contributed by atoms with E-state index in [1.165, 1.54) is 4.90 Å². The summed E-state index contributed by atoms with van der Waals surface area (Å²) in [7, 11) is 0. The Kier molecular flexibility index (Phi) is 4.19. The summed E-state index contributed by atoms with van der Waals surface area (Å²) >= 11 is 0. The van der Waals surface area contributed by atoms with E-state index in [1.54, 1.807) is 29.2 Å². The van der Waals surface area contributed by atoms with Crippen molar-refractivity contribution < 1.29 is 19.1 Å². The number of nitrogens with zero attached hydrogens (tertiary/aromatic N) is 2. The van der Waals surface area contributed by atoms with E-state index in [2.05, 4.69) is 0 Å². The van der Waals surface area contributed by atoms with Crippen molar-refractivity contribution in [1.29, 1.82) is 0 Å². The second kappa shape index (κ2) is 6.88. The van der Waals surface area contributed by atoms with Crippen molar-refractivity contribution in [3.8, 4) is 0 Å². The highest BCUT2D eigenvalue weighted by Crippen LogP contribution is 2.43. The Labute approximate surface area is 168 Å². The molecule has 0 spiro atoms. The summed E-state index contributed by atoms with van der Waals surface area (Å²) in [4.78, 5) is 42.0. The Morgan fingerprint density at radius 1 is 0.862 bits per heavy atom. The van der Waals surface area contributed by atoms with Gasteiger partial charge in [-0.3, -0.25) is 14.5 Å². The highest BCUT2D eigenvalue weighted by Gasteiger charge is 2.55. The van der Waals surface area contributed by atoms with E-state index < -0.39 is 24.0 Å². The third-order valence-electron chi connectivity index (χ3n) is 6.00. The van der Waals surface area contributed by atoms with Crippen LogP contribution in [0, 0.1) is 11.8 Å². The van der Waals surface area contributed by atoms with Gasteiger partial charge < -0.3 is 4.74 Å². The fraction of sp³-hybridized carbons (Fsp3) is 0.261. The van der Waals surface area contributed by atoms with Crippen LogP contribution in [-0.2, 0) is 14.3 Å². The molecule has 6 nitrogen and oxygen atoms in total. The van der Waals surface area contributed by atoms with Gasteiger partial charge in [0.15, 0.2) is 0 Å². The average Bonchev–Trinajstić information content (AvgIpc) is 3.27. The monoisotopic (exact) mass is 388 g/mol. The number of anilines is 1. The zero-order chi connectivity index (χ0) is 20.0. The first-order chi connectivity index (χ1) is 14.2. The molecule has 2 fully saturated rings. The normalized spacial score (nSPS) is 28.6. The molecule has 0 bridgehead atoms. The van der Waals surface area contributed by atoms with Crippen molar-refractivity contribution in [2.45, 2.75) is 18.5 Å². The van der Waals surface area contributed by atoms with Crippen molar-refractivity contribution in [2.24, 2.45) is 11.8 Å². The van der Waals surface area contributed by atoms with Gasteiger partial charge in [-0.1, -0.05) is 60.7 Å². The minimum Gasteiger partial charge on any atom is -0.447 e. The lowest BCUT2D eigenvalue weighted by atomic mass is 9.80. The second-order valence-corrected chi connectivity index (χ2v) is 7.54. The van der Waals surface area contributed by atoms with Crippen molar-refractivity contribution in [1.82, 2.24) is 4.90 Å². The van der Waals surface area contributed by atoms with Crippen LogP contribution in [0.3, 0.4) is 0 Å². The Morgan fingerprint density at radius 2 is 1.55 bits per heavy atom. The molecular formula is C23H20N2O4. The van der Waals surface area contributed by atoms with Crippen molar-refractivity contribution in [3.63, 3.8) is 0 Å². The van der Waals surface area contributed by atoms with Crippen molar-refractivity contribution >= 4 is 23.6 Å². The second-order valence-electron chi connectivity index (χ2n) is 7.54. The average molecular weight is 388 g/mol. The third-order valence-corrected chi connectivity index (χ3v) is 6.00. The minimum absolute atomic E-state index is 0.204. The van der Waals surface area contributed by atoms with E-state index in [1.807, 2.05) is 48.6 Å². The molecular weight excluding hydrogens is 368 g/mol. The third kappa shape index (κ3) is 2.75. The van der Waals surface area contributed by atoms with Gasteiger partial charge in [0.05, 0.1) is 29.6 Å². The van der Waals surface area contributed by atoms with Crippen molar-refractivity contribution in [3.05, 3.63) is 78.4 Å². The molecule has 2 heterocycles. The molecule has 3 amide bonds. The number of hydrogen-bond acceptors (Lipinski definition) is 4. The smallest absolute Gasteiger partial charge is 0.411 e. The molecule has 0 unspecified atom stereocenters. The molecule has 0 aromatic heterocycles. The van der Waals surface area contributed by atoms with E-state index in [0.29, 0.717) is 12.1 Å². The Hall–Kier alpha value is -3.41. The first-order valence-corrected chi connectivity index (χ1v) is 9.76. The molecule has 146 valence electrons. The molecule has 2 aromatic rings. The molecule has 5 rings (SSSR count). The molecule has 0 N–H and O–H groups in total. The molecule has 2 aromatic carbocycles. The number of ether oxygens (including phenoxy) is 1. The number of cyclic esters (lactones) is 1. The summed E-state index contributed by atoms with van der Waals surface area (Å²) in [6.45, 7) is 0.231. The maximum absolute atomic E-state index is 13.4. The number of amides is 3. The van der Waals surface area contributed by atoms with Gasteiger partial charge in [-0.05, 0) is 24.1 Å². The first kappa shape index (κ1) is 17.7. The zero-order valence-corrected chi connectivity index (χ0v) is 15.7. The molecule has 3 aliphatic rings. The quantitative estimate of drug-likeness (QED) is 0.598. The Balaban J connectivity index is 1.52. The summed E-state index contributed by atoms with van der Waals surface area (Å²) < 4.78 is 5.35. The number of para-hydroxylation sites is 1. The lowest BCUT2D eigenvalue weighted by molar-refractivity contribution is -0.122. The van der Waals surface area contributed by atoms with Crippen LogP contribution in [-0.4, -0.2) is 35.5 Å². The fourth-order valence-electron chi connectivity index (χ4n) is 4.66. The molecule has 2 saturated heterocycles. The van der Waals surface area contributed by atoms with Gasteiger partial charge in [-0.2, -0.15) is 0 Å². The Morgan fingerprint density at radius 3 is 2.28 bits per heavy atom. The SMILES string of the molecule is O=C1[C@@H]2[C@@H](CC=C[C@@H]2N2C(=O)OC[C@@H]2c2ccccc2)C(=O)N1c1ccccc1. The molecule has 1 aliphatic carbocycles. The maximum Gasteiger partial charge on any atom is 0.411 e. The number of rotatable bonds is 3. The van der Waals surface area contributed by atoms with Crippen LogP contribution in [0.25, 0.3) is 0 Å². The number of carbonyl (C=O) groups excluding carboxylic acids is 3. The topological polar surface area (TPSA) is 66.9 Å². The van der Waals surface area contributed by atoms with E-state index in [4.69, 9.17) is 4.74 Å². The van der Waals surface area contributed by atoms with E-state index >= 15 is 0 Å².